The number of esters is 1. The molecule has 2 heterocycles. The maximum atomic E-state index is 12.7. The monoisotopic (exact) mass is 561 g/mol. The third kappa shape index (κ3) is 9.44. The highest BCUT2D eigenvalue weighted by Gasteiger charge is 2.26. The number of nitrogens with zero attached hydrogens (tertiary/aromatic N) is 1. The largest absolute Gasteiger partial charge is 0.478 e. The van der Waals surface area contributed by atoms with Crippen molar-refractivity contribution in [1.82, 2.24) is 4.98 Å². The maximum absolute atomic E-state index is 12.7. The average molecular weight is 562 g/mol. The van der Waals surface area contributed by atoms with Gasteiger partial charge in [-0.25, -0.2) is 4.79 Å². The number of rotatable bonds is 18. The lowest BCUT2D eigenvalue weighted by atomic mass is 9.91. The van der Waals surface area contributed by atoms with Gasteiger partial charge in [0.1, 0.15) is 0 Å². The van der Waals surface area contributed by atoms with Crippen LogP contribution in [0.4, 0.5) is 0 Å². The molecule has 1 fully saturated rings. The zero-order valence-electron chi connectivity index (χ0n) is 25.2. The molecule has 2 aromatic heterocycles. The van der Waals surface area contributed by atoms with Crippen LogP contribution >= 0.6 is 0 Å². The molecule has 0 saturated heterocycles. The second-order valence-corrected chi connectivity index (χ2v) is 12.1. The molecule has 3 aromatic rings. The molecule has 0 amide bonds. The summed E-state index contributed by atoms with van der Waals surface area (Å²) in [6, 6.07) is 13.9. The van der Waals surface area contributed by atoms with Crippen LogP contribution in [0.3, 0.4) is 0 Å². The summed E-state index contributed by atoms with van der Waals surface area (Å²) < 4.78 is 16.8. The third-order valence-corrected chi connectivity index (χ3v) is 8.28. The Morgan fingerprint density at radius 3 is 2.22 bits per heavy atom. The zero-order valence-corrected chi connectivity index (χ0v) is 25.2. The topological polar surface area (TPSA) is 78.6 Å². The number of hydrogen-bond acceptors (Lipinski definition) is 6. The molecule has 0 atom stereocenters. The van der Waals surface area contributed by atoms with E-state index in [1.54, 1.807) is 0 Å². The van der Waals surface area contributed by atoms with E-state index in [2.05, 4.69) is 17.1 Å². The molecule has 222 valence electrons. The molecule has 1 aliphatic carbocycles. The number of benzene rings is 1. The summed E-state index contributed by atoms with van der Waals surface area (Å²) in [7, 11) is 0. The van der Waals surface area contributed by atoms with Crippen molar-refractivity contribution in [2.24, 2.45) is 5.41 Å². The van der Waals surface area contributed by atoms with Crippen LogP contribution in [0.25, 0.3) is 22.2 Å². The minimum absolute atomic E-state index is 0.0772. The first-order valence-corrected chi connectivity index (χ1v) is 15.7. The van der Waals surface area contributed by atoms with Gasteiger partial charge < -0.3 is 13.9 Å². The van der Waals surface area contributed by atoms with Crippen molar-refractivity contribution in [3.05, 3.63) is 58.4 Å². The van der Waals surface area contributed by atoms with Crippen LogP contribution in [0.1, 0.15) is 116 Å². The third-order valence-electron chi connectivity index (χ3n) is 8.28. The lowest BCUT2D eigenvalue weighted by Gasteiger charge is -2.20. The summed E-state index contributed by atoms with van der Waals surface area (Å²) in [5.74, 6) is 1.05. The van der Waals surface area contributed by atoms with Crippen molar-refractivity contribution in [2.75, 3.05) is 13.2 Å². The maximum Gasteiger partial charge on any atom is 0.345 e. The van der Waals surface area contributed by atoms with Gasteiger partial charge in [0.2, 0.25) is 11.6 Å². The molecular weight excluding hydrogens is 514 g/mol. The fourth-order valence-electron chi connectivity index (χ4n) is 4.94. The van der Waals surface area contributed by atoms with Crippen molar-refractivity contribution in [1.29, 1.82) is 0 Å². The van der Waals surface area contributed by atoms with Crippen molar-refractivity contribution in [3.63, 3.8) is 0 Å². The van der Waals surface area contributed by atoms with Crippen LogP contribution in [-0.2, 0) is 9.53 Å². The predicted molar refractivity (Wildman–Crippen MR) is 164 cm³/mol. The minimum Gasteiger partial charge on any atom is -0.478 e. The predicted octanol–water partition coefficient (Wildman–Crippen LogP) is 8.99. The summed E-state index contributed by atoms with van der Waals surface area (Å²) >= 11 is 0. The molecule has 1 saturated carbocycles. The van der Waals surface area contributed by atoms with E-state index >= 15 is 0 Å². The van der Waals surface area contributed by atoms with Gasteiger partial charge >= 0.3 is 11.6 Å². The Labute approximate surface area is 244 Å². The standard InChI is InChI=1S/C35H47NO5/c1-4-35(2,3)34(38)40-23-14-12-10-8-6-5-7-9-11-13-22-39-31-21-20-29-25-30(33(37)41-32(29)36-31)28-17-15-16-27(24-28)26-18-19-26/h15-17,20-21,24-26H,4-14,18-19,22-23H2,1-3H3. The van der Waals surface area contributed by atoms with E-state index in [1.807, 2.05) is 51.1 Å². The highest BCUT2D eigenvalue weighted by Crippen LogP contribution is 2.41. The lowest BCUT2D eigenvalue weighted by Crippen LogP contribution is -2.26. The van der Waals surface area contributed by atoms with Gasteiger partial charge in [0.25, 0.3) is 0 Å². The molecule has 0 bridgehead atoms. The summed E-state index contributed by atoms with van der Waals surface area (Å²) in [5.41, 5.74) is 2.35. The summed E-state index contributed by atoms with van der Waals surface area (Å²) in [5, 5.41) is 0.795. The number of carbonyl (C=O) groups is 1. The van der Waals surface area contributed by atoms with E-state index < -0.39 is 0 Å². The summed E-state index contributed by atoms with van der Waals surface area (Å²) in [6.45, 7) is 7.05. The molecule has 0 radical (unpaired) electrons. The first-order valence-electron chi connectivity index (χ1n) is 15.7. The normalized spacial score (nSPS) is 13.4. The van der Waals surface area contributed by atoms with E-state index in [1.165, 1.54) is 56.9 Å². The first-order chi connectivity index (χ1) is 19.9. The molecule has 0 aliphatic heterocycles. The smallest absolute Gasteiger partial charge is 0.345 e. The van der Waals surface area contributed by atoms with Gasteiger partial charge in [-0.1, -0.05) is 82.6 Å². The highest BCUT2D eigenvalue weighted by atomic mass is 16.5. The van der Waals surface area contributed by atoms with Crippen molar-refractivity contribution < 1.29 is 18.7 Å². The van der Waals surface area contributed by atoms with Gasteiger partial charge in [-0.2, -0.15) is 4.98 Å². The van der Waals surface area contributed by atoms with E-state index in [-0.39, 0.29) is 17.0 Å². The van der Waals surface area contributed by atoms with Crippen LogP contribution in [0.15, 0.2) is 51.7 Å². The number of unbranched alkanes of at least 4 members (excludes halogenated alkanes) is 9. The fraction of sp³-hybridized carbons (Fsp3) is 0.571. The average Bonchev–Trinajstić information content (AvgIpc) is 3.82. The van der Waals surface area contributed by atoms with Crippen LogP contribution < -0.4 is 10.4 Å². The first kappa shape index (κ1) is 30.8. The number of aromatic nitrogens is 1. The summed E-state index contributed by atoms with van der Waals surface area (Å²) in [4.78, 5) is 29.1. The number of fused-ring (bicyclic) bond motifs is 1. The second kappa shape index (κ2) is 15.2. The van der Waals surface area contributed by atoms with Gasteiger partial charge in [0, 0.05) is 11.5 Å². The van der Waals surface area contributed by atoms with Crippen LogP contribution in [0, 0.1) is 5.41 Å². The number of pyridine rings is 1. The Bertz CT molecular complexity index is 1320. The molecule has 6 heteroatoms. The van der Waals surface area contributed by atoms with Crippen molar-refractivity contribution >= 4 is 17.1 Å². The Hall–Kier alpha value is -3.15. The minimum atomic E-state index is -0.369. The van der Waals surface area contributed by atoms with Crippen LogP contribution in [-0.4, -0.2) is 24.2 Å². The quantitative estimate of drug-likeness (QED) is 0.114. The SMILES string of the molecule is CCC(C)(C)C(=O)OCCCCCCCCCCCCOc1ccc2cc(-c3cccc(C4CC4)c3)c(=O)oc2n1. The molecule has 0 unspecified atom stereocenters. The Kier molecular flexibility index (Phi) is 11.4. The lowest BCUT2D eigenvalue weighted by molar-refractivity contribution is -0.154. The fourth-order valence-corrected chi connectivity index (χ4v) is 4.94. The van der Waals surface area contributed by atoms with Gasteiger partial charge in [-0.05, 0) is 75.1 Å². The van der Waals surface area contributed by atoms with Gasteiger partial charge in [-0.15, -0.1) is 0 Å². The molecule has 1 aromatic carbocycles. The summed E-state index contributed by atoms with van der Waals surface area (Å²) in [6.07, 6.45) is 14.9. The highest BCUT2D eigenvalue weighted by molar-refractivity contribution is 5.79. The van der Waals surface area contributed by atoms with E-state index in [0.717, 1.165) is 43.1 Å². The molecular formula is C35H47NO5. The Balaban J connectivity index is 1.06. The van der Waals surface area contributed by atoms with E-state index in [0.29, 0.717) is 36.3 Å². The molecule has 41 heavy (non-hydrogen) atoms. The molecule has 0 N–H and O–H groups in total. The van der Waals surface area contributed by atoms with Gasteiger partial charge in [0.05, 0.1) is 24.2 Å². The van der Waals surface area contributed by atoms with Crippen molar-refractivity contribution in [3.8, 4) is 17.0 Å². The van der Waals surface area contributed by atoms with Crippen LogP contribution in [0.2, 0.25) is 0 Å². The van der Waals surface area contributed by atoms with Gasteiger partial charge in [0.15, 0.2) is 0 Å². The molecule has 1 aliphatic rings. The molecule has 0 spiro atoms. The number of carbonyl (C=O) groups excluding carboxylic acids is 1. The van der Waals surface area contributed by atoms with E-state index in [9.17, 15) is 9.59 Å². The van der Waals surface area contributed by atoms with Gasteiger partial charge in [-0.3, -0.25) is 4.79 Å². The molecule has 6 nitrogen and oxygen atoms in total. The Morgan fingerprint density at radius 1 is 0.902 bits per heavy atom. The zero-order chi connectivity index (χ0) is 29.1. The van der Waals surface area contributed by atoms with E-state index in [4.69, 9.17) is 13.9 Å². The second-order valence-electron chi connectivity index (χ2n) is 12.1. The Morgan fingerprint density at radius 2 is 1.56 bits per heavy atom. The van der Waals surface area contributed by atoms with Crippen molar-refractivity contribution in [2.45, 2.75) is 110 Å². The molecule has 4 rings (SSSR count). The van der Waals surface area contributed by atoms with Crippen LogP contribution in [0.5, 0.6) is 5.88 Å². The number of ether oxygens (including phenoxy) is 2. The number of hydrogen-bond donors (Lipinski definition) is 0.